The third kappa shape index (κ3) is 10.5. The van der Waals surface area contributed by atoms with Gasteiger partial charge in [-0.3, -0.25) is 0 Å². The number of alkyl carbamates (subject to hydrolysis) is 1. The lowest BCUT2D eigenvalue weighted by atomic mass is 9.94. The minimum atomic E-state index is -0.726. The molecular formula is C23H39NO4. The van der Waals surface area contributed by atoms with Gasteiger partial charge in [0.2, 0.25) is 0 Å². The van der Waals surface area contributed by atoms with Crippen LogP contribution in [0, 0.1) is 0 Å². The SMILES string of the molecule is CCCCCCCOc1ccc(CC[C@](C)(CO)NC(=O)OC(C)(C)C)cc1. The van der Waals surface area contributed by atoms with E-state index in [-0.39, 0.29) is 6.61 Å². The maximum atomic E-state index is 12.0. The molecule has 0 fully saturated rings. The van der Waals surface area contributed by atoms with E-state index in [1.807, 2.05) is 52.0 Å². The smallest absolute Gasteiger partial charge is 0.408 e. The molecule has 5 heteroatoms. The Kier molecular flexibility index (Phi) is 10.4. The second-order valence-corrected chi connectivity index (χ2v) is 8.75. The summed E-state index contributed by atoms with van der Waals surface area (Å²) < 4.78 is 11.1. The van der Waals surface area contributed by atoms with Crippen molar-refractivity contribution in [1.82, 2.24) is 5.32 Å². The lowest BCUT2D eigenvalue weighted by molar-refractivity contribution is 0.0407. The summed E-state index contributed by atoms with van der Waals surface area (Å²) in [5, 5.41) is 12.5. The molecular weight excluding hydrogens is 354 g/mol. The average Bonchev–Trinajstić information content (AvgIpc) is 2.62. The molecule has 0 aromatic heterocycles. The molecule has 0 aliphatic heterocycles. The molecule has 1 rings (SSSR count). The van der Waals surface area contributed by atoms with Crippen LogP contribution in [-0.4, -0.2) is 35.6 Å². The van der Waals surface area contributed by atoms with E-state index in [1.165, 1.54) is 25.7 Å². The number of aliphatic hydroxyl groups is 1. The molecule has 2 N–H and O–H groups in total. The third-order valence-electron chi connectivity index (χ3n) is 4.56. The van der Waals surface area contributed by atoms with Crippen molar-refractivity contribution in [2.75, 3.05) is 13.2 Å². The minimum absolute atomic E-state index is 0.147. The number of hydrogen-bond donors (Lipinski definition) is 2. The van der Waals surface area contributed by atoms with Crippen molar-refractivity contribution in [3.05, 3.63) is 29.8 Å². The minimum Gasteiger partial charge on any atom is -0.494 e. The van der Waals surface area contributed by atoms with Gasteiger partial charge in [-0.25, -0.2) is 4.79 Å². The number of unbranched alkanes of at least 4 members (excludes halogenated alkanes) is 4. The lowest BCUT2D eigenvalue weighted by Crippen LogP contribution is -2.50. The fourth-order valence-electron chi connectivity index (χ4n) is 2.80. The van der Waals surface area contributed by atoms with Crippen molar-refractivity contribution in [1.29, 1.82) is 0 Å². The molecule has 5 nitrogen and oxygen atoms in total. The van der Waals surface area contributed by atoms with Gasteiger partial charge in [0.05, 0.1) is 18.8 Å². The van der Waals surface area contributed by atoms with Crippen molar-refractivity contribution in [2.24, 2.45) is 0 Å². The number of carbonyl (C=O) groups is 1. The molecule has 0 heterocycles. The van der Waals surface area contributed by atoms with Crippen molar-refractivity contribution >= 4 is 6.09 Å². The van der Waals surface area contributed by atoms with Gasteiger partial charge in [0, 0.05) is 0 Å². The lowest BCUT2D eigenvalue weighted by Gasteiger charge is -2.30. The number of aliphatic hydroxyl groups excluding tert-OH is 1. The predicted octanol–water partition coefficient (Wildman–Crippen LogP) is 5.24. The molecule has 0 bridgehead atoms. The summed E-state index contributed by atoms with van der Waals surface area (Å²) in [6.07, 6.45) is 6.98. The predicted molar refractivity (Wildman–Crippen MR) is 114 cm³/mol. The molecule has 1 aromatic rings. The molecule has 1 aromatic carbocycles. The molecule has 1 atom stereocenters. The molecule has 0 saturated heterocycles. The maximum Gasteiger partial charge on any atom is 0.408 e. The molecule has 0 spiro atoms. The van der Waals surface area contributed by atoms with Gasteiger partial charge in [0.1, 0.15) is 11.4 Å². The van der Waals surface area contributed by atoms with E-state index in [0.717, 1.165) is 30.8 Å². The first-order chi connectivity index (χ1) is 13.2. The quantitative estimate of drug-likeness (QED) is 0.476. The highest BCUT2D eigenvalue weighted by molar-refractivity contribution is 5.68. The van der Waals surface area contributed by atoms with Crippen LogP contribution in [-0.2, 0) is 11.2 Å². The van der Waals surface area contributed by atoms with Gasteiger partial charge in [-0.15, -0.1) is 0 Å². The zero-order valence-electron chi connectivity index (χ0n) is 18.3. The first-order valence-corrected chi connectivity index (χ1v) is 10.5. The Hall–Kier alpha value is -1.75. The number of benzene rings is 1. The van der Waals surface area contributed by atoms with Crippen molar-refractivity contribution in [3.63, 3.8) is 0 Å². The molecule has 160 valence electrons. The topological polar surface area (TPSA) is 67.8 Å². The second-order valence-electron chi connectivity index (χ2n) is 8.75. The van der Waals surface area contributed by atoms with Gasteiger partial charge in [-0.1, -0.05) is 44.7 Å². The first-order valence-electron chi connectivity index (χ1n) is 10.5. The Morgan fingerprint density at radius 1 is 1.04 bits per heavy atom. The van der Waals surface area contributed by atoms with E-state index in [9.17, 15) is 9.90 Å². The molecule has 0 saturated carbocycles. The number of amides is 1. The molecule has 0 aliphatic carbocycles. The Bertz CT molecular complexity index is 565. The zero-order valence-corrected chi connectivity index (χ0v) is 18.3. The van der Waals surface area contributed by atoms with E-state index in [1.54, 1.807) is 0 Å². The first kappa shape index (κ1) is 24.3. The van der Waals surface area contributed by atoms with Crippen LogP contribution in [0.15, 0.2) is 24.3 Å². The van der Waals surface area contributed by atoms with Crippen LogP contribution < -0.4 is 10.1 Å². The Labute approximate surface area is 170 Å². The van der Waals surface area contributed by atoms with Gasteiger partial charge in [0.25, 0.3) is 0 Å². The van der Waals surface area contributed by atoms with Gasteiger partial charge in [-0.2, -0.15) is 0 Å². The summed E-state index contributed by atoms with van der Waals surface area (Å²) in [6.45, 7) is 10.1. The number of aryl methyl sites for hydroxylation is 1. The summed E-state index contributed by atoms with van der Waals surface area (Å²) in [5.41, 5.74) is -0.150. The molecule has 0 aliphatic rings. The summed E-state index contributed by atoms with van der Waals surface area (Å²) >= 11 is 0. The summed E-state index contributed by atoms with van der Waals surface area (Å²) in [5.74, 6) is 0.885. The van der Waals surface area contributed by atoms with Crippen molar-refractivity contribution < 1.29 is 19.4 Å². The van der Waals surface area contributed by atoms with E-state index >= 15 is 0 Å². The van der Waals surface area contributed by atoms with Crippen molar-refractivity contribution in [2.45, 2.75) is 90.7 Å². The molecule has 0 unspecified atom stereocenters. The number of hydrogen-bond acceptors (Lipinski definition) is 4. The zero-order chi connectivity index (χ0) is 21.0. The Balaban J connectivity index is 2.42. The number of nitrogens with one attached hydrogen (secondary N) is 1. The van der Waals surface area contributed by atoms with Crippen LogP contribution in [0.1, 0.15) is 78.7 Å². The summed E-state index contributed by atoms with van der Waals surface area (Å²) in [4.78, 5) is 12.0. The highest BCUT2D eigenvalue weighted by Gasteiger charge is 2.28. The van der Waals surface area contributed by atoms with E-state index in [0.29, 0.717) is 6.42 Å². The second kappa shape index (κ2) is 11.9. The van der Waals surface area contributed by atoms with Crippen LogP contribution >= 0.6 is 0 Å². The summed E-state index contributed by atoms with van der Waals surface area (Å²) in [7, 11) is 0. The third-order valence-corrected chi connectivity index (χ3v) is 4.56. The van der Waals surface area contributed by atoms with Crippen LogP contribution in [0.3, 0.4) is 0 Å². The van der Waals surface area contributed by atoms with E-state index < -0.39 is 17.2 Å². The normalized spacial score (nSPS) is 13.6. The molecule has 0 radical (unpaired) electrons. The number of carbonyl (C=O) groups excluding carboxylic acids is 1. The van der Waals surface area contributed by atoms with Gasteiger partial charge in [0.15, 0.2) is 0 Å². The number of ether oxygens (including phenoxy) is 2. The Morgan fingerprint density at radius 2 is 1.68 bits per heavy atom. The van der Waals surface area contributed by atoms with Crippen LogP contribution in [0.2, 0.25) is 0 Å². The van der Waals surface area contributed by atoms with E-state index in [4.69, 9.17) is 9.47 Å². The highest BCUT2D eigenvalue weighted by Crippen LogP contribution is 2.18. The maximum absolute atomic E-state index is 12.0. The number of rotatable bonds is 12. The van der Waals surface area contributed by atoms with Gasteiger partial charge < -0.3 is 19.9 Å². The monoisotopic (exact) mass is 393 g/mol. The fraction of sp³-hybridized carbons (Fsp3) is 0.696. The molecule has 1 amide bonds. The van der Waals surface area contributed by atoms with Crippen LogP contribution in [0.5, 0.6) is 5.75 Å². The Morgan fingerprint density at radius 3 is 2.25 bits per heavy atom. The van der Waals surface area contributed by atoms with Gasteiger partial charge in [-0.05, 0) is 64.7 Å². The van der Waals surface area contributed by atoms with Gasteiger partial charge >= 0.3 is 6.09 Å². The standard InChI is InChI=1S/C23H39NO4/c1-6-7-8-9-10-17-27-20-13-11-19(12-14-20)15-16-23(5,18-25)24-21(26)28-22(2,3)4/h11-14,25H,6-10,15-18H2,1-5H3,(H,24,26)/t23-/m1/s1. The van der Waals surface area contributed by atoms with Crippen LogP contribution in [0.25, 0.3) is 0 Å². The van der Waals surface area contributed by atoms with Crippen molar-refractivity contribution in [3.8, 4) is 5.75 Å². The van der Waals surface area contributed by atoms with E-state index in [2.05, 4.69) is 12.2 Å². The highest BCUT2D eigenvalue weighted by atomic mass is 16.6. The van der Waals surface area contributed by atoms with Crippen LogP contribution in [0.4, 0.5) is 4.79 Å². The fourth-order valence-corrected chi connectivity index (χ4v) is 2.80. The molecule has 28 heavy (non-hydrogen) atoms. The largest absolute Gasteiger partial charge is 0.494 e. The summed E-state index contributed by atoms with van der Waals surface area (Å²) in [6, 6.07) is 8.05. The average molecular weight is 394 g/mol.